The molecule has 0 aromatic heterocycles. The molecule has 3 aromatic carbocycles. The van der Waals surface area contributed by atoms with Crippen molar-refractivity contribution in [2.24, 2.45) is 0 Å². The van der Waals surface area contributed by atoms with Gasteiger partial charge in [-0.15, -0.1) is 0 Å². The number of nitrogens with one attached hydrogen (secondary N) is 2. The second-order valence-electron chi connectivity index (χ2n) is 7.44. The number of amides is 1. The van der Waals surface area contributed by atoms with Gasteiger partial charge in [0.25, 0.3) is 15.9 Å². The lowest BCUT2D eigenvalue weighted by Crippen LogP contribution is -2.27. The van der Waals surface area contributed by atoms with Crippen LogP contribution >= 0.6 is 0 Å². The number of carbonyl (C=O) groups is 1. The fourth-order valence-electron chi connectivity index (χ4n) is 3.19. The summed E-state index contributed by atoms with van der Waals surface area (Å²) in [6.45, 7) is 7.76. The third-order valence-electron chi connectivity index (χ3n) is 5.25. The zero-order chi connectivity index (χ0) is 21.9. The molecule has 0 unspecified atom stereocenters. The zero-order valence-electron chi connectivity index (χ0n) is 17.6. The highest BCUT2D eigenvalue weighted by Gasteiger charge is 2.19. The highest BCUT2D eigenvalue weighted by molar-refractivity contribution is 7.92. The Morgan fingerprint density at radius 1 is 0.867 bits per heavy atom. The fourth-order valence-corrected chi connectivity index (χ4v) is 4.33. The van der Waals surface area contributed by atoms with Crippen molar-refractivity contribution >= 4 is 21.6 Å². The summed E-state index contributed by atoms with van der Waals surface area (Å²) in [6, 6.07) is 19.1. The lowest BCUT2D eigenvalue weighted by atomic mass is 10.0. The molecule has 3 aromatic rings. The van der Waals surface area contributed by atoms with Crippen molar-refractivity contribution in [3.8, 4) is 0 Å². The van der Waals surface area contributed by atoms with E-state index in [2.05, 4.69) is 16.1 Å². The normalized spacial score (nSPS) is 12.3. The average Bonchev–Trinajstić information content (AvgIpc) is 2.72. The third kappa shape index (κ3) is 4.71. The van der Waals surface area contributed by atoms with Crippen molar-refractivity contribution in [3.63, 3.8) is 0 Å². The molecular formula is C24H26N2O3S. The summed E-state index contributed by atoms with van der Waals surface area (Å²) in [4.78, 5) is 13.1. The van der Waals surface area contributed by atoms with Crippen LogP contribution in [-0.2, 0) is 10.0 Å². The number of hydrogen-bond donors (Lipinski definition) is 2. The van der Waals surface area contributed by atoms with E-state index in [1.807, 2.05) is 32.9 Å². The van der Waals surface area contributed by atoms with Crippen LogP contribution in [0.25, 0.3) is 0 Å². The van der Waals surface area contributed by atoms with E-state index in [0.717, 1.165) is 5.56 Å². The Morgan fingerprint density at radius 2 is 1.57 bits per heavy atom. The predicted molar refractivity (Wildman–Crippen MR) is 120 cm³/mol. The van der Waals surface area contributed by atoms with Gasteiger partial charge in [-0.25, -0.2) is 8.42 Å². The summed E-state index contributed by atoms with van der Waals surface area (Å²) >= 11 is 0. The van der Waals surface area contributed by atoms with E-state index in [1.54, 1.807) is 43.3 Å². The van der Waals surface area contributed by atoms with Gasteiger partial charge in [-0.05, 0) is 74.2 Å². The van der Waals surface area contributed by atoms with Gasteiger partial charge in [0.05, 0.1) is 16.6 Å². The highest BCUT2D eigenvalue weighted by atomic mass is 32.2. The molecule has 5 nitrogen and oxygen atoms in total. The number of hydrogen-bond acceptors (Lipinski definition) is 3. The molecule has 30 heavy (non-hydrogen) atoms. The summed E-state index contributed by atoms with van der Waals surface area (Å²) < 4.78 is 27.9. The molecule has 0 aliphatic carbocycles. The van der Waals surface area contributed by atoms with Gasteiger partial charge in [0.2, 0.25) is 0 Å². The highest BCUT2D eigenvalue weighted by Crippen LogP contribution is 2.24. The SMILES string of the molecule is Cc1ccc([C@@H](C)NC(=O)c2cccc(NS(=O)(=O)c3ccccc3)c2C)cc1C. The molecule has 6 heteroatoms. The van der Waals surface area contributed by atoms with Gasteiger partial charge in [0.15, 0.2) is 0 Å². The third-order valence-corrected chi connectivity index (χ3v) is 6.64. The molecule has 0 radical (unpaired) electrons. The zero-order valence-corrected chi connectivity index (χ0v) is 18.4. The minimum absolute atomic E-state index is 0.169. The summed E-state index contributed by atoms with van der Waals surface area (Å²) in [5.41, 5.74) is 4.77. The molecule has 0 saturated carbocycles. The van der Waals surface area contributed by atoms with Crippen molar-refractivity contribution in [2.45, 2.75) is 38.6 Å². The van der Waals surface area contributed by atoms with Crippen LogP contribution in [0.1, 0.15) is 45.6 Å². The van der Waals surface area contributed by atoms with Gasteiger partial charge in [0, 0.05) is 5.56 Å². The largest absolute Gasteiger partial charge is 0.346 e. The van der Waals surface area contributed by atoms with Crippen LogP contribution in [0.5, 0.6) is 0 Å². The topological polar surface area (TPSA) is 75.3 Å². The predicted octanol–water partition coefficient (Wildman–Crippen LogP) is 4.90. The molecule has 1 amide bonds. The molecule has 1 atom stereocenters. The van der Waals surface area contributed by atoms with Crippen molar-refractivity contribution in [1.29, 1.82) is 0 Å². The summed E-state index contributed by atoms with van der Waals surface area (Å²) in [7, 11) is -3.73. The quantitative estimate of drug-likeness (QED) is 0.593. The number of anilines is 1. The van der Waals surface area contributed by atoms with Gasteiger partial charge < -0.3 is 5.32 Å². The Hall–Kier alpha value is -3.12. The number of aryl methyl sites for hydroxylation is 2. The van der Waals surface area contributed by atoms with E-state index in [1.165, 1.54) is 23.3 Å². The standard InChI is InChI=1S/C24H26N2O3S/c1-16-13-14-20(15-17(16)2)19(4)25-24(27)22-11-8-12-23(18(22)3)26-30(28,29)21-9-6-5-7-10-21/h5-15,19,26H,1-4H3,(H,25,27)/t19-/m1/s1. The molecular weight excluding hydrogens is 396 g/mol. The second kappa shape index (κ2) is 8.71. The van der Waals surface area contributed by atoms with Crippen molar-refractivity contribution in [2.75, 3.05) is 4.72 Å². The molecule has 0 bridgehead atoms. The van der Waals surface area contributed by atoms with Gasteiger partial charge in [0.1, 0.15) is 0 Å². The molecule has 0 aliphatic heterocycles. The van der Waals surface area contributed by atoms with Crippen LogP contribution in [0.4, 0.5) is 5.69 Å². The fraction of sp³-hybridized carbons (Fsp3) is 0.208. The maximum atomic E-state index is 12.9. The Labute approximate surface area is 178 Å². The lowest BCUT2D eigenvalue weighted by molar-refractivity contribution is 0.0939. The van der Waals surface area contributed by atoms with Crippen LogP contribution in [0.15, 0.2) is 71.6 Å². The Kier molecular flexibility index (Phi) is 6.27. The van der Waals surface area contributed by atoms with E-state index < -0.39 is 10.0 Å². The first kappa shape index (κ1) is 21.6. The summed E-state index contributed by atoms with van der Waals surface area (Å²) in [5.74, 6) is -0.251. The maximum Gasteiger partial charge on any atom is 0.261 e. The summed E-state index contributed by atoms with van der Waals surface area (Å²) in [5, 5.41) is 3.01. The first-order chi connectivity index (χ1) is 14.2. The smallest absolute Gasteiger partial charge is 0.261 e. The Bertz CT molecular complexity index is 1170. The van der Waals surface area contributed by atoms with Gasteiger partial charge in [-0.3, -0.25) is 9.52 Å². The molecule has 0 aliphatic rings. The van der Waals surface area contributed by atoms with Gasteiger partial charge in [-0.1, -0.05) is 42.5 Å². The van der Waals surface area contributed by atoms with Crippen LogP contribution in [0.2, 0.25) is 0 Å². The second-order valence-corrected chi connectivity index (χ2v) is 9.12. The Balaban J connectivity index is 1.82. The minimum atomic E-state index is -3.73. The number of benzene rings is 3. The van der Waals surface area contributed by atoms with Crippen LogP contribution in [0.3, 0.4) is 0 Å². The Morgan fingerprint density at radius 3 is 2.23 bits per heavy atom. The first-order valence-electron chi connectivity index (χ1n) is 9.74. The van der Waals surface area contributed by atoms with Crippen molar-refractivity contribution < 1.29 is 13.2 Å². The molecule has 156 valence electrons. The van der Waals surface area contributed by atoms with Gasteiger partial charge in [-0.2, -0.15) is 0 Å². The van der Waals surface area contributed by atoms with Crippen LogP contribution in [-0.4, -0.2) is 14.3 Å². The van der Waals surface area contributed by atoms with E-state index in [9.17, 15) is 13.2 Å². The molecule has 2 N–H and O–H groups in total. The van der Waals surface area contributed by atoms with E-state index in [4.69, 9.17) is 0 Å². The lowest BCUT2D eigenvalue weighted by Gasteiger charge is -2.18. The monoisotopic (exact) mass is 422 g/mol. The molecule has 0 saturated heterocycles. The molecule has 3 rings (SSSR count). The van der Waals surface area contributed by atoms with Crippen molar-refractivity contribution in [3.05, 3.63) is 94.5 Å². The maximum absolute atomic E-state index is 12.9. The van der Waals surface area contributed by atoms with Crippen LogP contribution in [0, 0.1) is 20.8 Å². The van der Waals surface area contributed by atoms with Gasteiger partial charge >= 0.3 is 0 Å². The van der Waals surface area contributed by atoms with E-state index in [0.29, 0.717) is 16.8 Å². The average molecular weight is 423 g/mol. The van der Waals surface area contributed by atoms with E-state index >= 15 is 0 Å². The molecule has 0 spiro atoms. The number of rotatable bonds is 6. The van der Waals surface area contributed by atoms with E-state index in [-0.39, 0.29) is 16.8 Å². The minimum Gasteiger partial charge on any atom is -0.346 e. The number of carbonyl (C=O) groups excluding carboxylic acids is 1. The first-order valence-corrected chi connectivity index (χ1v) is 11.2. The van der Waals surface area contributed by atoms with Crippen LogP contribution < -0.4 is 10.0 Å². The number of sulfonamides is 1. The summed E-state index contributed by atoms with van der Waals surface area (Å²) in [6.07, 6.45) is 0. The molecule has 0 fully saturated rings. The molecule has 0 heterocycles. The van der Waals surface area contributed by atoms with Crippen molar-refractivity contribution in [1.82, 2.24) is 5.32 Å².